The van der Waals surface area contributed by atoms with Gasteiger partial charge in [-0.2, -0.15) is 5.10 Å². The summed E-state index contributed by atoms with van der Waals surface area (Å²) in [4.78, 5) is 11.4. The zero-order valence-corrected chi connectivity index (χ0v) is 11.0. The molecule has 0 saturated carbocycles. The quantitative estimate of drug-likeness (QED) is 0.827. The number of likely N-dealkylation sites (N-methyl/N-ethyl adjacent to an activating group) is 1. The number of rotatable bonds is 3. The average molecular weight is 262 g/mol. The molecular formula is C12H14N4OS. The van der Waals surface area contributed by atoms with Crippen LogP contribution in [0.2, 0.25) is 0 Å². The van der Waals surface area contributed by atoms with Gasteiger partial charge in [0, 0.05) is 12.6 Å². The maximum Gasteiger partial charge on any atom is 0.239 e. The van der Waals surface area contributed by atoms with E-state index in [0.717, 1.165) is 5.56 Å². The van der Waals surface area contributed by atoms with Gasteiger partial charge in [0.1, 0.15) is 6.54 Å². The summed E-state index contributed by atoms with van der Waals surface area (Å²) in [6.07, 6.45) is 0. The molecule has 1 aromatic heterocycles. The maximum absolute atomic E-state index is 11.4. The number of aromatic amines is 1. The highest BCUT2D eigenvalue weighted by molar-refractivity contribution is 7.71. The molecule has 0 fully saturated rings. The van der Waals surface area contributed by atoms with Crippen molar-refractivity contribution in [3.8, 4) is 11.4 Å². The van der Waals surface area contributed by atoms with Gasteiger partial charge >= 0.3 is 0 Å². The largest absolute Gasteiger partial charge is 0.358 e. The molecule has 2 N–H and O–H groups in total. The van der Waals surface area contributed by atoms with Crippen LogP contribution in [-0.4, -0.2) is 27.7 Å². The van der Waals surface area contributed by atoms with Gasteiger partial charge in [-0.05, 0) is 19.1 Å². The van der Waals surface area contributed by atoms with Crippen molar-refractivity contribution in [2.75, 3.05) is 7.05 Å². The Bertz CT molecular complexity index is 612. The summed E-state index contributed by atoms with van der Waals surface area (Å²) < 4.78 is 2.12. The van der Waals surface area contributed by atoms with Crippen molar-refractivity contribution in [1.82, 2.24) is 20.1 Å². The average Bonchev–Trinajstić information content (AvgIpc) is 2.72. The molecule has 2 rings (SSSR count). The Hall–Kier alpha value is -1.95. The van der Waals surface area contributed by atoms with Gasteiger partial charge in [0.25, 0.3) is 0 Å². The van der Waals surface area contributed by atoms with E-state index in [4.69, 9.17) is 12.2 Å². The first kappa shape index (κ1) is 12.5. The monoisotopic (exact) mass is 262 g/mol. The molecule has 0 radical (unpaired) electrons. The number of hydrogen-bond donors (Lipinski definition) is 2. The number of H-pyrrole nitrogens is 1. The first-order chi connectivity index (χ1) is 8.61. The molecule has 18 heavy (non-hydrogen) atoms. The fraction of sp³-hybridized carbons (Fsp3) is 0.250. The molecular weight excluding hydrogens is 248 g/mol. The highest BCUT2D eigenvalue weighted by Gasteiger charge is 2.11. The van der Waals surface area contributed by atoms with Crippen LogP contribution in [0.5, 0.6) is 0 Å². The summed E-state index contributed by atoms with van der Waals surface area (Å²) >= 11 is 5.13. The third kappa shape index (κ3) is 2.48. The van der Waals surface area contributed by atoms with Crippen molar-refractivity contribution in [3.05, 3.63) is 34.6 Å². The molecule has 0 bridgehead atoms. The van der Waals surface area contributed by atoms with Crippen LogP contribution in [0.3, 0.4) is 0 Å². The number of amides is 1. The molecule has 0 atom stereocenters. The summed E-state index contributed by atoms with van der Waals surface area (Å²) in [7, 11) is 1.59. The summed E-state index contributed by atoms with van der Waals surface area (Å²) in [5.74, 6) is 0.560. The minimum atomic E-state index is -0.110. The zero-order valence-electron chi connectivity index (χ0n) is 10.2. The van der Waals surface area contributed by atoms with E-state index in [1.807, 2.05) is 31.2 Å². The molecule has 0 spiro atoms. The summed E-state index contributed by atoms with van der Waals surface area (Å²) in [5.41, 5.74) is 2.10. The molecule has 0 aliphatic carbocycles. The fourth-order valence-corrected chi connectivity index (χ4v) is 1.81. The number of carbonyl (C=O) groups is 1. The summed E-state index contributed by atoms with van der Waals surface area (Å²) in [5, 5.41) is 9.45. The van der Waals surface area contributed by atoms with E-state index in [1.165, 1.54) is 5.56 Å². The molecule has 1 aromatic carbocycles. The van der Waals surface area contributed by atoms with Crippen LogP contribution in [0.15, 0.2) is 24.3 Å². The van der Waals surface area contributed by atoms with E-state index in [2.05, 4.69) is 15.5 Å². The Labute approximate surface area is 110 Å². The Balaban J connectivity index is 2.42. The lowest BCUT2D eigenvalue weighted by molar-refractivity contribution is -0.121. The molecule has 0 aliphatic rings. The summed E-state index contributed by atoms with van der Waals surface area (Å²) in [6.45, 7) is 2.18. The second-order valence-corrected chi connectivity index (χ2v) is 4.36. The van der Waals surface area contributed by atoms with Crippen molar-refractivity contribution in [2.24, 2.45) is 0 Å². The van der Waals surface area contributed by atoms with Gasteiger partial charge < -0.3 is 5.32 Å². The van der Waals surface area contributed by atoms with E-state index in [9.17, 15) is 4.79 Å². The molecule has 5 nitrogen and oxygen atoms in total. The van der Waals surface area contributed by atoms with Crippen molar-refractivity contribution >= 4 is 18.1 Å². The number of benzene rings is 1. The zero-order chi connectivity index (χ0) is 13.1. The lowest BCUT2D eigenvalue weighted by Gasteiger charge is -2.06. The van der Waals surface area contributed by atoms with Crippen LogP contribution in [0, 0.1) is 11.7 Å². The van der Waals surface area contributed by atoms with E-state index < -0.39 is 0 Å². The standard InChI is InChI=1S/C12H14N4OS/c1-8-3-5-9(6-4-8)11-14-15-12(18)16(11)7-10(17)13-2/h3-6H,7H2,1-2H3,(H,13,17)(H,15,18). The minimum absolute atomic E-state index is 0.110. The molecule has 0 unspecified atom stereocenters. The molecule has 1 amide bonds. The van der Waals surface area contributed by atoms with Gasteiger partial charge in [0.2, 0.25) is 5.91 Å². The SMILES string of the molecule is CNC(=O)Cn1c(-c2ccc(C)cc2)n[nH]c1=S. The molecule has 94 valence electrons. The van der Waals surface area contributed by atoms with Crippen LogP contribution in [-0.2, 0) is 11.3 Å². The predicted molar refractivity (Wildman–Crippen MR) is 71.7 cm³/mol. The van der Waals surface area contributed by atoms with E-state index in [0.29, 0.717) is 10.6 Å². The third-order valence-electron chi connectivity index (χ3n) is 2.65. The normalized spacial score (nSPS) is 10.3. The second kappa shape index (κ2) is 5.14. The van der Waals surface area contributed by atoms with Crippen molar-refractivity contribution < 1.29 is 4.79 Å². The maximum atomic E-state index is 11.4. The highest BCUT2D eigenvalue weighted by Crippen LogP contribution is 2.17. The summed E-state index contributed by atoms with van der Waals surface area (Å²) in [6, 6.07) is 7.91. The van der Waals surface area contributed by atoms with Gasteiger partial charge in [-0.25, -0.2) is 0 Å². The van der Waals surface area contributed by atoms with Crippen LogP contribution in [0.1, 0.15) is 5.56 Å². The Morgan fingerprint density at radius 3 is 2.72 bits per heavy atom. The van der Waals surface area contributed by atoms with Gasteiger partial charge in [0.15, 0.2) is 10.6 Å². The Morgan fingerprint density at radius 1 is 1.44 bits per heavy atom. The van der Waals surface area contributed by atoms with Crippen LogP contribution in [0.25, 0.3) is 11.4 Å². The van der Waals surface area contributed by atoms with Crippen LogP contribution in [0.4, 0.5) is 0 Å². The van der Waals surface area contributed by atoms with E-state index >= 15 is 0 Å². The van der Waals surface area contributed by atoms with Crippen LogP contribution >= 0.6 is 12.2 Å². The smallest absolute Gasteiger partial charge is 0.239 e. The second-order valence-electron chi connectivity index (χ2n) is 3.98. The number of hydrogen-bond acceptors (Lipinski definition) is 3. The van der Waals surface area contributed by atoms with Crippen molar-refractivity contribution in [3.63, 3.8) is 0 Å². The molecule has 1 heterocycles. The van der Waals surface area contributed by atoms with Gasteiger partial charge in [-0.15, -0.1) is 0 Å². The number of nitrogens with one attached hydrogen (secondary N) is 2. The minimum Gasteiger partial charge on any atom is -0.358 e. The lowest BCUT2D eigenvalue weighted by atomic mass is 10.1. The Kier molecular flexibility index (Phi) is 3.57. The number of carbonyl (C=O) groups excluding carboxylic acids is 1. The Morgan fingerprint density at radius 2 is 2.11 bits per heavy atom. The third-order valence-corrected chi connectivity index (χ3v) is 2.96. The predicted octanol–water partition coefficient (Wildman–Crippen LogP) is 1.66. The first-order valence-corrected chi connectivity index (χ1v) is 5.95. The first-order valence-electron chi connectivity index (χ1n) is 5.54. The highest BCUT2D eigenvalue weighted by atomic mass is 32.1. The molecule has 6 heteroatoms. The van der Waals surface area contributed by atoms with Gasteiger partial charge in [-0.1, -0.05) is 29.8 Å². The molecule has 0 aliphatic heterocycles. The van der Waals surface area contributed by atoms with E-state index in [-0.39, 0.29) is 12.5 Å². The van der Waals surface area contributed by atoms with Gasteiger partial charge in [-0.3, -0.25) is 14.5 Å². The molecule has 2 aromatic rings. The topological polar surface area (TPSA) is 62.7 Å². The van der Waals surface area contributed by atoms with Crippen LogP contribution < -0.4 is 5.32 Å². The number of aromatic nitrogens is 3. The van der Waals surface area contributed by atoms with E-state index in [1.54, 1.807) is 11.6 Å². The van der Waals surface area contributed by atoms with Gasteiger partial charge in [0.05, 0.1) is 0 Å². The van der Waals surface area contributed by atoms with Crippen molar-refractivity contribution in [2.45, 2.75) is 13.5 Å². The molecule has 0 saturated heterocycles. The van der Waals surface area contributed by atoms with Crippen molar-refractivity contribution in [1.29, 1.82) is 0 Å². The fourth-order valence-electron chi connectivity index (χ4n) is 1.61. The number of aryl methyl sites for hydroxylation is 1. The number of nitrogens with zero attached hydrogens (tertiary/aromatic N) is 2. The lowest BCUT2D eigenvalue weighted by Crippen LogP contribution is -2.23.